The first-order valence-corrected chi connectivity index (χ1v) is 9.55. The van der Waals surface area contributed by atoms with Gasteiger partial charge in [0.15, 0.2) is 0 Å². The van der Waals surface area contributed by atoms with Crippen LogP contribution in [0.15, 0.2) is 54.6 Å². The van der Waals surface area contributed by atoms with Crippen LogP contribution in [0.2, 0.25) is 5.02 Å². The van der Waals surface area contributed by atoms with Gasteiger partial charge in [-0.3, -0.25) is 14.4 Å². The molecule has 0 bridgehead atoms. The molecule has 3 amide bonds. The monoisotopic (exact) mass is 394 g/mol. The van der Waals surface area contributed by atoms with Gasteiger partial charge in [0.05, 0.1) is 23.1 Å². The number of hydrogen-bond donors (Lipinski definition) is 1. The number of amides is 3. The number of anilines is 2. The van der Waals surface area contributed by atoms with Crippen LogP contribution < -0.4 is 10.2 Å². The lowest BCUT2D eigenvalue weighted by atomic mass is 9.85. The minimum Gasteiger partial charge on any atom is -0.322 e. The number of nitrogens with one attached hydrogen (secondary N) is 1. The third kappa shape index (κ3) is 3.02. The lowest BCUT2D eigenvalue weighted by Crippen LogP contribution is -2.33. The van der Waals surface area contributed by atoms with Gasteiger partial charge < -0.3 is 5.32 Å². The predicted molar refractivity (Wildman–Crippen MR) is 108 cm³/mol. The van der Waals surface area contributed by atoms with Crippen LogP contribution in [0.5, 0.6) is 0 Å². The molecule has 2 aromatic carbocycles. The van der Waals surface area contributed by atoms with Crippen LogP contribution in [0.1, 0.15) is 28.8 Å². The smallest absolute Gasteiger partial charge is 0.257 e. The Morgan fingerprint density at radius 2 is 1.64 bits per heavy atom. The van der Waals surface area contributed by atoms with E-state index in [-0.39, 0.29) is 29.2 Å². The molecule has 2 atom stereocenters. The number of allylic oxidation sites excluding steroid dienone is 2. The largest absolute Gasteiger partial charge is 0.322 e. The Labute approximate surface area is 168 Å². The number of nitrogens with zero attached hydrogens (tertiary/aromatic N) is 1. The molecule has 4 rings (SSSR count). The lowest BCUT2D eigenvalue weighted by Gasteiger charge is -2.19. The first kappa shape index (κ1) is 18.4. The number of hydrogen-bond acceptors (Lipinski definition) is 3. The van der Waals surface area contributed by atoms with Gasteiger partial charge in [0.1, 0.15) is 0 Å². The van der Waals surface area contributed by atoms with Crippen molar-refractivity contribution in [3.8, 4) is 0 Å². The first-order valence-electron chi connectivity index (χ1n) is 9.17. The number of carbonyl (C=O) groups excluding carboxylic acids is 3. The van der Waals surface area contributed by atoms with E-state index >= 15 is 0 Å². The molecule has 0 spiro atoms. The van der Waals surface area contributed by atoms with Crippen molar-refractivity contribution in [3.05, 3.63) is 70.8 Å². The maximum Gasteiger partial charge on any atom is 0.257 e. The van der Waals surface area contributed by atoms with Crippen LogP contribution >= 0.6 is 11.6 Å². The van der Waals surface area contributed by atoms with Gasteiger partial charge in [-0.1, -0.05) is 42.0 Å². The summed E-state index contributed by atoms with van der Waals surface area (Å²) in [7, 11) is 0. The Morgan fingerprint density at radius 1 is 1.00 bits per heavy atom. The Hall–Kier alpha value is -2.92. The average Bonchev–Trinajstić information content (AvgIpc) is 2.96. The van der Waals surface area contributed by atoms with Crippen molar-refractivity contribution in [2.45, 2.75) is 19.8 Å². The summed E-state index contributed by atoms with van der Waals surface area (Å²) in [5, 5.41) is 3.39. The fraction of sp³-hybridized carbons (Fsp3) is 0.227. The normalized spacial score (nSPS) is 21.0. The van der Waals surface area contributed by atoms with Gasteiger partial charge in [-0.15, -0.1) is 0 Å². The summed E-state index contributed by atoms with van der Waals surface area (Å²) in [5.74, 6) is -1.56. The summed E-state index contributed by atoms with van der Waals surface area (Å²) >= 11 is 6.13. The molecule has 0 radical (unpaired) electrons. The topological polar surface area (TPSA) is 66.5 Å². The number of rotatable bonds is 3. The van der Waals surface area contributed by atoms with Crippen LogP contribution in [-0.2, 0) is 9.59 Å². The van der Waals surface area contributed by atoms with E-state index in [0.717, 1.165) is 5.56 Å². The highest BCUT2D eigenvalue weighted by Crippen LogP contribution is 2.39. The highest BCUT2D eigenvalue weighted by atomic mass is 35.5. The van der Waals surface area contributed by atoms with Crippen LogP contribution in [0.4, 0.5) is 11.4 Å². The molecule has 0 unspecified atom stereocenters. The Bertz CT molecular complexity index is 989. The van der Waals surface area contributed by atoms with Gasteiger partial charge in [0, 0.05) is 10.7 Å². The number of imide groups is 1. The van der Waals surface area contributed by atoms with Crippen LogP contribution in [0.3, 0.4) is 0 Å². The van der Waals surface area contributed by atoms with E-state index in [1.807, 2.05) is 19.1 Å². The lowest BCUT2D eigenvalue weighted by molar-refractivity contribution is -0.122. The second-order valence-electron chi connectivity index (χ2n) is 7.05. The molecule has 0 saturated carbocycles. The van der Waals surface area contributed by atoms with Crippen molar-refractivity contribution in [1.82, 2.24) is 0 Å². The number of carbonyl (C=O) groups is 3. The van der Waals surface area contributed by atoms with Gasteiger partial charge in [-0.2, -0.15) is 0 Å². The Morgan fingerprint density at radius 3 is 2.32 bits per heavy atom. The van der Waals surface area contributed by atoms with Gasteiger partial charge in [0.2, 0.25) is 11.8 Å². The molecular weight excluding hydrogens is 376 g/mol. The fourth-order valence-corrected chi connectivity index (χ4v) is 4.01. The summed E-state index contributed by atoms with van der Waals surface area (Å²) in [6.07, 6.45) is 5.00. The third-order valence-corrected chi connectivity index (χ3v) is 5.82. The summed E-state index contributed by atoms with van der Waals surface area (Å²) < 4.78 is 0. The molecule has 6 heteroatoms. The number of fused-ring (bicyclic) bond motifs is 1. The van der Waals surface area contributed by atoms with E-state index < -0.39 is 5.91 Å². The zero-order valence-corrected chi connectivity index (χ0v) is 16.1. The van der Waals surface area contributed by atoms with Gasteiger partial charge >= 0.3 is 0 Å². The van der Waals surface area contributed by atoms with E-state index in [0.29, 0.717) is 29.2 Å². The zero-order valence-electron chi connectivity index (χ0n) is 15.3. The van der Waals surface area contributed by atoms with E-state index in [4.69, 9.17) is 11.6 Å². The van der Waals surface area contributed by atoms with Crippen molar-refractivity contribution in [2.24, 2.45) is 11.8 Å². The highest BCUT2D eigenvalue weighted by molar-refractivity contribution is 6.32. The Balaban J connectivity index is 1.68. The molecule has 1 aliphatic carbocycles. The van der Waals surface area contributed by atoms with E-state index in [2.05, 4.69) is 5.32 Å². The maximum atomic E-state index is 13.0. The molecule has 1 N–H and O–H groups in total. The first-order chi connectivity index (χ1) is 13.5. The molecule has 5 nitrogen and oxygen atoms in total. The van der Waals surface area contributed by atoms with Crippen molar-refractivity contribution in [3.63, 3.8) is 0 Å². The van der Waals surface area contributed by atoms with Crippen LogP contribution in [0, 0.1) is 18.8 Å². The number of para-hydroxylation sites is 1. The van der Waals surface area contributed by atoms with Crippen molar-refractivity contribution in [2.75, 3.05) is 10.2 Å². The van der Waals surface area contributed by atoms with Gasteiger partial charge in [-0.05, 0) is 49.6 Å². The molecule has 1 saturated heterocycles. The molecule has 1 aliphatic heterocycles. The minimum atomic E-state index is -0.394. The second kappa shape index (κ2) is 7.24. The maximum absolute atomic E-state index is 13.0. The summed E-state index contributed by atoms with van der Waals surface area (Å²) in [5.41, 5.74) is 1.93. The summed E-state index contributed by atoms with van der Waals surface area (Å²) in [4.78, 5) is 40.0. The van der Waals surface area contributed by atoms with Crippen molar-refractivity contribution in [1.29, 1.82) is 0 Å². The van der Waals surface area contributed by atoms with Crippen molar-refractivity contribution >= 4 is 40.7 Å². The molecule has 1 heterocycles. The molecule has 2 aliphatic rings. The fourth-order valence-electron chi connectivity index (χ4n) is 3.83. The predicted octanol–water partition coefficient (Wildman–Crippen LogP) is 4.36. The standard InChI is InChI=1S/C22H19ClN2O3/c1-13-17(23)10-6-11-18(13)24-20(26)16-9-4-5-12-19(16)25-21(27)14-7-2-3-8-15(14)22(25)28/h2-6,9-12,14-15H,7-8H2,1H3,(H,24,26)/t14-,15-/m0/s1. The van der Waals surface area contributed by atoms with E-state index in [1.165, 1.54) is 4.90 Å². The van der Waals surface area contributed by atoms with E-state index in [9.17, 15) is 14.4 Å². The van der Waals surface area contributed by atoms with Crippen molar-refractivity contribution < 1.29 is 14.4 Å². The summed E-state index contributed by atoms with van der Waals surface area (Å²) in [6.45, 7) is 1.81. The van der Waals surface area contributed by atoms with Gasteiger partial charge in [-0.25, -0.2) is 4.90 Å². The van der Waals surface area contributed by atoms with E-state index in [1.54, 1.807) is 42.5 Å². The highest BCUT2D eigenvalue weighted by Gasteiger charge is 2.48. The third-order valence-electron chi connectivity index (χ3n) is 5.41. The quantitative estimate of drug-likeness (QED) is 0.621. The SMILES string of the molecule is Cc1c(Cl)cccc1NC(=O)c1ccccc1N1C(=O)[C@H]2CC=CC[C@@H]2C1=O. The molecule has 142 valence electrons. The average molecular weight is 395 g/mol. The van der Waals surface area contributed by atoms with Gasteiger partial charge in [0.25, 0.3) is 5.91 Å². The Kier molecular flexibility index (Phi) is 4.77. The molecule has 28 heavy (non-hydrogen) atoms. The number of halogens is 1. The number of benzene rings is 2. The molecule has 0 aromatic heterocycles. The van der Waals surface area contributed by atoms with Crippen LogP contribution in [0.25, 0.3) is 0 Å². The van der Waals surface area contributed by atoms with Crippen LogP contribution in [-0.4, -0.2) is 17.7 Å². The molecule has 2 aromatic rings. The molecular formula is C22H19ClN2O3. The molecule has 1 fully saturated rings. The zero-order chi connectivity index (χ0) is 19.8. The minimum absolute atomic E-state index is 0.237. The summed E-state index contributed by atoms with van der Waals surface area (Å²) in [6, 6.07) is 11.9. The second-order valence-corrected chi connectivity index (χ2v) is 7.46.